The number of esters is 1. The highest BCUT2D eigenvalue weighted by atomic mass is 16.6. The number of carbonyl (C=O) groups is 1. The number of benzene rings is 1. The molecular weight excluding hydrogens is 342 g/mol. The van der Waals surface area contributed by atoms with Crippen LogP contribution in [0.1, 0.15) is 34.6 Å². The van der Waals surface area contributed by atoms with E-state index >= 15 is 0 Å². The van der Waals surface area contributed by atoms with Gasteiger partial charge in [0.05, 0.1) is 31.8 Å². The Morgan fingerprint density at radius 2 is 2.00 bits per heavy atom. The predicted molar refractivity (Wildman–Crippen MR) is 88.2 cm³/mol. The van der Waals surface area contributed by atoms with Crippen molar-refractivity contribution in [2.45, 2.75) is 37.9 Å². The van der Waals surface area contributed by atoms with Gasteiger partial charge in [-0.1, -0.05) is 30.3 Å². The van der Waals surface area contributed by atoms with Gasteiger partial charge in [0.2, 0.25) is 0 Å². The molecule has 3 N–H and O–H groups in total. The van der Waals surface area contributed by atoms with E-state index < -0.39 is 37.0 Å². The molecule has 9 nitrogen and oxygen atoms in total. The second kappa shape index (κ2) is 7.92. The zero-order valence-electron chi connectivity index (χ0n) is 14.2. The Bertz CT molecular complexity index is 750. The van der Waals surface area contributed by atoms with E-state index in [-0.39, 0.29) is 18.0 Å². The predicted octanol–water partition coefficient (Wildman–Crippen LogP) is -0.343. The average molecular weight is 363 g/mol. The molecule has 0 amide bonds. The van der Waals surface area contributed by atoms with Gasteiger partial charge in [-0.15, -0.1) is 5.10 Å². The highest BCUT2D eigenvalue weighted by Gasteiger charge is 2.47. The van der Waals surface area contributed by atoms with Gasteiger partial charge in [0.25, 0.3) is 0 Å². The summed E-state index contributed by atoms with van der Waals surface area (Å²) in [7, 11) is 0. The molecule has 140 valence electrons. The topological polar surface area (TPSA) is 127 Å². The van der Waals surface area contributed by atoms with Crippen LogP contribution in [0.25, 0.3) is 0 Å². The lowest BCUT2D eigenvalue weighted by atomic mass is 9.93. The van der Waals surface area contributed by atoms with Gasteiger partial charge in [0.15, 0.2) is 12.0 Å². The lowest BCUT2D eigenvalue weighted by Crippen LogP contribution is -2.28. The third-order valence-corrected chi connectivity index (χ3v) is 4.19. The van der Waals surface area contributed by atoms with Crippen LogP contribution in [0, 0.1) is 0 Å². The Hall–Kier alpha value is -2.33. The van der Waals surface area contributed by atoms with Gasteiger partial charge in [-0.3, -0.25) is 0 Å². The van der Waals surface area contributed by atoms with E-state index in [4.69, 9.17) is 9.47 Å². The minimum Gasteiger partial charge on any atom is -0.461 e. The van der Waals surface area contributed by atoms with Crippen molar-refractivity contribution in [1.82, 2.24) is 15.0 Å². The zero-order chi connectivity index (χ0) is 18.7. The second-order valence-corrected chi connectivity index (χ2v) is 5.93. The molecule has 1 aromatic carbocycles. The van der Waals surface area contributed by atoms with Crippen LogP contribution < -0.4 is 0 Å². The monoisotopic (exact) mass is 363 g/mol. The van der Waals surface area contributed by atoms with E-state index in [9.17, 15) is 20.1 Å². The largest absolute Gasteiger partial charge is 0.461 e. The molecule has 0 saturated carbocycles. The molecule has 2 heterocycles. The van der Waals surface area contributed by atoms with Gasteiger partial charge < -0.3 is 24.8 Å². The molecule has 9 heteroatoms. The number of ether oxygens (including phenoxy) is 2. The summed E-state index contributed by atoms with van der Waals surface area (Å²) in [6, 6.07) is 9.41. The zero-order valence-corrected chi connectivity index (χ0v) is 14.2. The van der Waals surface area contributed by atoms with Gasteiger partial charge in [-0.25, -0.2) is 4.79 Å². The fourth-order valence-electron chi connectivity index (χ4n) is 2.98. The fourth-order valence-corrected chi connectivity index (χ4v) is 2.98. The molecule has 1 fully saturated rings. The first-order chi connectivity index (χ1) is 12.5. The van der Waals surface area contributed by atoms with Crippen molar-refractivity contribution < 1.29 is 29.6 Å². The van der Waals surface area contributed by atoms with Crippen molar-refractivity contribution in [3.8, 4) is 0 Å². The summed E-state index contributed by atoms with van der Waals surface area (Å²) in [6.45, 7) is 1.68. The molecule has 0 bridgehead atoms. The Morgan fingerprint density at radius 3 is 2.65 bits per heavy atom. The lowest BCUT2D eigenvalue weighted by molar-refractivity contribution is -0.132. The number of aromatic nitrogens is 3. The minimum absolute atomic E-state index is 0.0667. The van der Waals surface area contributed by atoms with Gasteiger partial charge in [-0.2, -0.15) is 9.90 Å². The second-order valence-electron chi connectivity index (χ2n) is 5.93. The molecular formula is C17H21N3O6. The maximum absolute atomic E-state index is 12.3. The maximum Gasteiger partial charge on any atom is 0.360 e. The van der Waals surface area contributed by atoms with Gasteiger partial charge >= 0.3 is 5.97 Å². The molecule has 0 spiro atoms. The van der Waals surface area contributed by atoms with E-state index in [0.717, 1.165) is 5.56 Å². The molecule has 1 saturated heterocycles. The normalized spacial score (nSPS) is 25.4. The number of rotatable bonds is 6. The molecule has 0 radical (unpaired) electrons. The first-order valence-electron chi connectivity index (χ1n) is 8.33. The SMILES string of the molecule is CCOC(=O)c1nn(Cc2ccccc2)nc1[C@@H]1[C@@H](O)[C@@H](O)O[C@@H]1CO. The number of aliphatic hydroxyl groups is 3. The molecule has 4 atom stereocenters. The van der Waals surface area contributed by atoms with Crippen LogP contribution in [-0.4, -0.2) is 68.0 Å². The van der Waals surface area contributed by atoms with Gasteiger partial charge in [0, 0.05) is 0 Å². The third kappa shape index (κ3) is 3.61. The van der Waals surface area contributed by atoms with E-state index in [1.807, 2.05) is 30.3 Å². The lowest BCUT2D eigenvalue weighted by Gasteiger charge is -2.16. The number of hydrogen-bond acceptors (Lipinski definition) is 8. The molecule has 1 aliphatic heterocycles. The smallest absolute Gasteiger partial charge is 0.360 e. The summed E-state index contributed by atoms with van der Waals surface area (Å²) in [6.07, 6.45) is -3.73. The first kappa shape index (κ1) is 18.5. The van der Waals surface area contributed by atoms with Crippen molar-refractivity contribution >= 4 is 5.97 Å². The summed E-state index contributed by atoms with van der Waals surface area (Å²) in [4.78, 5) is 13.6. The molecule has 2 aromatic rings. The van der Waals surface area contributed by atoms with Crippen LogP contribution in [0.5, 0.6) is 0 Å². The minimum atomic E-state index is -1.48. The molecule has 26 heavy (non-hydrogen) atoms. The summed E-state index contributed by atoms with van der Waals surface area (Å²) >= 11 is 0. The summed E-state index contributed by atoms with van der Waals surface area (Å²) in [5.41, 5.74) is 0.983. The number of hydrogen-bond donors (Lipinski definition) is 3. The van der Waals surface area contributed by atoms with Crippen LogP contribution in [-0.2, 0) is 16.0 Å². The first-order valence-corrected chi connectivity index (χ1v) is 8.33. The Kier molecular flexibility index (Phi) is 5.62. The summed E-state index contributed by atoms with van der Waals surface area (Å²) in [5, 5.41) is 38.0. The van der Waals surface area contributed by atoms with Gasteiger partial charge in [0.1, 0.15) is 11.8 Å². The van der Waals surface area contributed by atoms with Crippen molar-refractivity contribution in [3.63, 3.8) is 0 Å². The van der Waals surface area contributed by atoms with Crippen molar-refractivity contribution in [2.24, 2.45) is 0 Å². The van der Waals surface area contributed by atoms with E-state index in [1.165, 1.54) is 4.80 Å². The molecule has 0 unspecified atom stereocenters. The van der Waals surface area contributed by atoms with Gasteiger partial charge in [-0.05, 0) is 12.5 Å². The summed E-state index contributed by atoms with van der Waals surface area (Å²) < 4.78 is 10.2. The Balaban J connectivity index is 1.98. The molecule has 3 rings (SSSR count). The molecule has 1 aliphatic rings. The fraction of sp³-hybridized carbons (Fsp3) is 0.471. The van der Waals surface area contributed by atoms with Crippen LogP contribution in [0.3, 0.4) is 0 Å². The van der Waals surface area contributed by atoms with Crippen LogP contribution in [0.4, 0.5) is 0 Å². The quantitative estimate of drug-likeness (QED) is 0.595. The molecule has 1 aromatic heterocycles. The average Bonchev–Trinajstić information content (AvgIpc) is 3.17. The Labute approximate surface area is 149 Å². The van der Waals surface area contributed by atoms with Crippen LogP contribution in [0.2, 0.25) is 0 Å². The number of nitrogens with zero attached hydrogens (tertiary/aromatic N) is 3. The van der Waals surface area contributed by atoms with Crippen molar-refractivity contribution in [1.29, 1.82) is 0 Å². The number of aliphatic hydroxyl groups excluding tert-OH is 3. The standard InChI is InChI=1S/C17H21N3O6/c1-2-25-16(23)14-13(12-11(9-21)26-17(24)15(12)22)18-20(19-14)8-10-6-4-3-5-7-10/h3-7,11-12,15,17,21-22,24H,2,8-9H2,1H3/t11-,12-,15-,17+/m1/s1. The van der Waals surface area contributed by atoms with E-state index in [1.54, 1.807) is 6.92 Å². The van der Waals surface area contributed by atoms with E-state index in [2.05, 4.69) is 10.2 Å². The highest BCUT2D eigenvalue weighted by Crippen LogP contribution is 2.35. The summed E-state index contributed by atoms with van der Waals surface area (Å²) in [5.74, 6) is -1.59. The number of carbonyl (C=O) groups excluding carboxylic acids is 1. The van der Waals surface area contributed by atoms with Crippen molar-refractivity contribution in [3.05, 3.63) is 47.3 Å². The molecule has 0 aliphatic carbocycles. The maximum atomic E-state index is 12.3. The Morgan fingerprint density at radius 1 is 1.27 bits per heavy atom. The third-order valence-electron chi connectivity index (χ3n) is 4.19. The van der Waals surface area contributed by atoms with E-state index in [0.29, 0.717) is 6.54 Å². The highest BCUT2D eigenvalue weighted by molar-refractivity contribution is 5.88. The van der Waals surface area contributed by atoms with Crippen LogP contribution in [0.15, 0.2) is 30.3 Å². The van der Waals surface area contributed by atoms with Crippen LogP contribution >= 0.6 is 0 Å². The van der Waals surface area contributed by atoms with Crippen molar-refractivity contribution in [2.75, 3.05) is 13.2 Å².